The Kier molecular flexibility index (Phi) is 6.06. The Morgan fingerprint density at radius 1 is 1.43 bits per heavy atom. The molecular formula is C17H25NO3. The average Bonchev–Trinajstić information content (AvgIpc) is 2.66. The average molecular weight is 291 g/mol. The minimum Gasteiger partial charge on any atom is -0.391 e. The van der Waals surface area contributed by atoms with Gasteiger partial charge in [0, 0.05) is 29.4 Å². The molecule has 0 radical (unpaired) electrons. The molecular weight excluding hydrogens is 266 g/mol. The molecule has 0 spiro atoms. The summed E-state index contributed by atoms with van der Waals surface area (Å²) >= 11 is 0. The van der Waals surface area contributed by atoms with Gasteiger partial charge in [-0.05, 0) is 6.42 Å². The van der Waals surface area contributed by atoms with Crippen molar-refractivity contribution in [1.82, 2.24) is 0 Å². The largest absolute Gasteiger partial charge is 0.391 e. The van der Waals surface area contributed by atoms with Gasteiger partial charge in [-0.15, -0.1) is 0 Å². The lowest BCUT2D eigenvalue weighted by Crippen LogP contribution is -2.19. The van der Waals surface area contributed by atoms with Crippen molar-refractivity contribution in [2.24, 2.45) is 10.6 Å². The highest BCUT2D eigenvalue weighted by molar-refractivity contribution is 6.29. The smallest absolute Gasteiger partial charge is 0.166 e. The fraction of sp³-hybridized carbons (Fsp3) is 0.588. The van der Waals surface area contributed by atoms with Crippen LogP contribution in [0.2, 0.25) is 0 Å². The highest BCUT2D eigenvalue weighted by Crippen LogP contribution is 2.42. The van der Waals surface area contributed by atoms with E-state index in [1.807, 2.05) is 27.7 Å². The van der Waals surface area contributed by atoms with Gasteiger partial charge in [-0.25, -0.2) is 0 Å². The van der Waals surface area contributed by atoms with E-state index in [1.165, 1.54) is 0 Å². The molecule has 21 heavy (non-hydrogen) atoms. The Labute approximate surface area is 126 Å². The van der Waals surface area contributed by atoms with Gasteiger partial charge in [-0.1, -0.05) is 51.9 Å². The number of oxime groups is 1. The van der Waals surface area contributed by atoms with Gasteiger partial charge in [0.25, 0.3) is 0 Å². The van der Waals surface area contributed by atoms with E-state index in [-0.39, 0.29) is 18.2 Å². The molecule has 0 aromatic carbocycles. The van der Waals surface area contributed by atoms with Crippen LogP contribution in [0.4, 0.5) is 0 Å². The van der Waals surface area contributed by atoms with Crippen LogP contribution in [0.1, 0.15) is 53.4 Å². The molecule has 0 bridgehead atoms. The summed E-state index contributed by atoms with van der Waals surface area (Å²) in [5.74, 6) is 0.0135. The first-order valence-corrected chi connectivity index (χ1v) is 7.50. The first-order valence-electron chi connectivity index (χ1n) is 7.50. The predicted molar refractivity (Wildman–Crippen MR) is 84.2 cm³/mol. The van der Waals surface area contributed by atoms with Crippen molar-refractivity contribution in [3.63, 3.8) is 0 Å². The molecule has 0 saturated carbocycles. The molecule has 0 N–H and O–H groups in total. The third-order valence-electron chi connectivity index (χ3n) is 3.55. The molecule has 1 aliphatic rings. The van der Waals surface area contributed by atoms with Gasteiger partial charge >= 0.3 is 0 Å². The number of hydrogen-bond donors (Lipinski definition) is 0. The monoisotopic (exact) mass is 291 g/mol. The Balaban J connectivity index is 3.34. The molecule has 1 aliphatic carbocycles. The molecule has 0 aromatic rings. The normalized spacial score (nSPS) is 18.1. The van der Waals surface area contributed by atoms with Gasteiger partial charge in [-0.3, -0.25) is 9.59 Å². The first kappa shape index (κ1) is 17.3. The topological polar surface area (TPSA) is 55.7 Å². The summed E-state index contributed by atoms with van der Waals surface area (Å²) < 4.78 is 0. The van der Waals surface area contributed by atoms with Gasteiger partial charge < -0.3 is 4.84 Å². The second-order valence-corrected chi connectivity index (χ2v) is 5.88. The second-order valence-electron chi connectivity index (χ2n) is 5.88. The van der Waals surface area contributed by atoms with Crippen LogP contribution in [0.15, 0.2) is 29.0 Å². The third kappa shape index (κ3) is 3.90. The van der Waals surface area contributed by atoms with Gasteiger partial charge in [-0.2, -0.15) is 0 Å². The third-order valence-corrected chi connectivity index (χ3v) is 3.55. The Morgan fingerprint density at radius 2 is 2.10 bits per heavy atom. The van der Waals surface area contributed by atoms with Gasteiger partial charge in [0.2, 0.25) is 0 Å². The van der Waals surface area contributed by atoms with Crippen molar-refractivity contribution in [2.45, 2.75) is 53.4 Å². The van der Waals surface area contributed by atoms with Crippen molar-refractivity contribution in [3.8, 4) is 0 Å². The second kappa shape index (κ2) is 7.34. The van der Waals surface area contributed by atoms with E-state index >= 15 is 0 Å². The van der Waals surface area contributed by atoms with Crippen LogP contribution in [0, 0.1) is 5.41 Å². The molecule has 0 aliphatic heterocycles. The Bertz CT molecular complexity index is 498. The maximum atomic E-state index is 12.4. The summed E-state index contributed by atoms with van der Waals surface area (Å²) in [4.78, 5) is 29.9. The summed E-state index contributed by atoms with van der Waals surface area (Å²) in [7, 11) is 0. The number of nitrogens with zero attached hydrogens (tertiary/aromatic N) is 1. The van der Waals surface area contributed by atoms with Crippen molar-refractivity contribution >= 4 is 17.3 Å². The number of Topliss-reactive ketones (excluding diaryl/α,β-unsaturated/α-hetero) is 2. The minimum absolute atomic E-state index is 0.00815. The van der Waals surface area contributed by atoms with Gasteiger partial charge in [0.15, 0.2) is 11.6 Å². The fourth-order valence-electron chi connectivity index (χ4n) is 2.68. The highest BCUT2D eigenvalue weighted by atomic mass is 16.6. The van der Waals surface area contributed by atoms with E-state index in [2.05, 4.69) is 11.7 Å². The van der Waals surface area contributed by atoms with E-state index in [1.54, 1.807) is 6.08 Å². The quantitative estimate of drug-likeness (QED) is 0.297. The van der Waals surface area contributed by atoms with Crippen molar-refractivity contribution in [2.75, 3.05) is 6.61 Å². The zero-order valence-electron chi connectivity index (χ0n) is 13.5. The SMILES string of the molecule is C=CCO/N=C(\CCC)C1=C(C(=O)CC)C(C)(C)CC1=O. The summed E-state index contributed by atoms with van der Waals surface area (Å²) in [6, 6.07) is 0. The van der Waals surface area contributed by atoms with E-state index in [0.717, 1.165) is 6.42 Å². The van der Waals surface area contributed by atoms with Crippen LogP contribution < -0.4 is 0 Å². The number of ketones is 2. The van der Waals surface area contributed by atoms with Crippen LogP contribution >= 0.6 is 0 Å². The van der Waals surface area contributed by atoms with Crippen molar-refractivity contribution in [3.05, 3.63) is 23.8 Å². The van der Waals surface area contributed by atoms with Crippen LogP contribution in [-0.2, 0) is 14.4 Å². The van der Waals surface area contributed by atoms with Gasteiger partial charge in [0.1, 0.15) is 6.61 Å². The maximum absolute atomic E-state index is 12.4. The number of allylic oxidation sites excluding steroid dienone is 2. The standard InChI is InChI=1S/C17H25NO3/c1-6-9-12(18-21-10-7-2)15-14(20)11-17(4,5)16(15)13(19)8-3/h7H,2,6,8-11H2,1,3-5H3/b18-12+. The number of carbonyl (C=O) groups is 2. The molecule has 0 amide bonds. The number of carbonyl (C=O) groups excluding carboxylic acids is 2. The lowest BCUT2D eigenvalue weighted by atomic mass is 9.82. The highest BCUT2D eigenvalue weighted by Gasteiger charge is 2.42. The molecule has 4 heteroatoms. The summed E-state index contributed by atoms with van der Waals surface area (Å²) in [5.41, 5.74) is 1.26. The molecule has 4 nitrogen and oxygen atoms in total. The molecule has 116 valence electrons. The predicted octanol–water partition coefficient (Wildman–Crippen LogP) is 3.62. The number of rotatable bonds is 8. The lowest BCUT2D eigenvalue weighted by Gasteiger charge is -2.20. The summed E-state index contributed by atoms with van der Waals surface area (Å²) in [6.07, 6.45) is 3.80. The van der Waals surface area contributed by atoms with Crippen LogP contribution in [0.25, 0.3) is 0 Å². The van der Waals surface area contributed by atoms with Crippen LogP contribution in [0.3, 0.4) is 0 Å². The van der Waals surface area contributed by atoms with Crippen LogP contribution in [0.5, 0.6) is 0 Å². The van der Waals surface area contributed by atoms with E-state index in [4.69, 9.17) is 4.84 Å². The molecule has 1 rings (SSSR count). The Hall–Kier alpha value is -1.71. The molecule has 0 saturated heterocycles. The lowest BCUT2D eigenvalue weighted by molar-refractivity contribution is -0.116. The molecule has 0 aromatic heterocycles. The molecule has 0 atom stereocenters. The zero-order chi connectivity index (χ0) is 16.0. The van der Waals surface area contributed by atoms with Gasteiger partial charge in [0.05, 0.1) is 5.71 Å². The van der Waals surface area contributed by atoms with Crippen LogP contribution in [-0.4, -0.2) is 23.9 Å². The Morgan fingerprint density at radius 3 is 2.62 bits per heavy atom. The van der Waals surface area contributed by atoms with Crippen molar-refractivity contribution < 1.29 is 14.4 Å². The fourth-order valence-corrected chi connectivity index (χ4v) is 2.68. The zero-order valence-corrected chi connectivity index (χ0v) is 13.5. The molecule has 0 heterocycles. The first-order chi connectivity index (χ1) is 9.88. The summed E-state index contributed by atoms with van der Waals surface area (Å²) in [6.45, 7) is 11.6. The minimum atomic E-state index is -0.424. The van der Waals surface area contributed by atoms with E-state index in [9.17, 15) is 9.59 Å². The summed E-state index contributed by atoms with van der Waals surface area (Å²) in [5, 5.41) is 4.08. The molecule has 0 fully saturated rings. The number of hydrogen-bond acceptors (Lipinski definition) is 4. The van der Waals surface area contributed by atoms with E-state index in [0.29, 0.717) is 36.1 Å². The van der Waals surface area contributed by atoms with Crippen molar-refractivity contribution in [1.29, 1.82) is 0 Å². The molecule has 0 unspecified atom stereocenters. The van der Waals surface area contributed by atoms with E-state index < -0.39 is 5.41 Å². The maximum Gasteiger partial charge on any atom is 0.166 e.